The third-order valence-corrected chi connectivity index (χ3v) is 4.14. The molecule has 100 valence electrons. The molecule has 19 heavy (non-hydrogen) atoms. The summed E-state index contributed by atoms with van der Waals surface area (Å²) in [5, 5.41) is 1.36. The van der Waals surface area contributed by atoms with Crippen LogP contribution in [0.3, 0.4) is 0 Å². The molecule has 0 N–H and O–H groups in total. The van der Waals surface area contributed by atoms with Crippen molar-refractivity contribution in [2.24, 2.45) is 0 Å². The smallest absolute Gasteiger partial charge is 0.0453 e. The SMILES string of the molecule is Cc1cccc(C(CCl)Cc2ccc(Cl)cc2Cl)c1. The molecule has 0 bridgehead atoms. The van der Waals surface area contributed by atoms with E-state index in [1.165, 1.54) is 11.1 Å². The van der Waals surface area contributed by atoms with Crippen molar-refractivity contribution in [3.63, 3.8) is 0 Å². The van der Waals surface area contributed by atoms with Gasteiger partial charge in [-0.15, -0.1) is 11.6 Å². The first-order valence-electron chi connectivity index (χ1n) is 6.16. The van der Waals surface area contributed by atoms with Crippen LogP contribution < -0.4 is 0 Å². The normalized spacial score (nSPS) is 12.4. The van der Waals surface area contributed by atoms with Crippen molar-refractivity contribution in [1.82, 2.24) is 0 Å². The highest BCUT2D eigenvalue weighted by Gasteiger charge is 2.13. The molecule has 2 aromatic rings. The number of halogens is 3. The van der Waals surface area contributed by atoms with Gasteiger partial charge in [-0.3, -0.25) is 0 Å². The number of alkyl halides is 1. The van der Waals surface area contributed by atoms with Crippen molar-refractivity contribution in [1.29, 1.82) is 0 Å². The first-order chi connectivity index (χ1) is 9.10. The van der Waals surface area contributed by atoms with Crippen molar-refractivity contribution in [3.8, 4) is 0 Å². The van der Waals surface area contributed by atoms with Gasteiger partial charge in [0.05, 0.1) is 0 Å². The number of hydrogen-bond acceptors (Lipinski definition) is 0. The minimum atomic E-state index is 0.264. The van der Waals surface area contributed by atoms with E-state index in [2.05, 4.69) is 31.2 Å². The number of rotatable bonds is 4. The molecule has 2 aromatic carbocycles. The van der Waals surface area contributed by atoms with Crippen molar-refractivity contribution >= 4 is 34.8 Å². The largest absolute Gasteiger partial charge is 0.126 e. The van der Waals surface area contributed by atoms with E-state index in [0.717, 1.165) is 12.0 Å². The molecule has 1 atom stereocenters. The average Bonchev–Trinajstić information content (AvgIpc) is 2.38. The summed E-state index contributed by atoms with van der Waals surface area (Å²) in [6.07, 6.45) is 0.822. The fraction of sp³-hybridized carbons (Fsp3) is 0.250. The molecule has 1 unspecified atom stereocenters. The number of aryl methyl sites for hydroxylation is 1. The summed E-state index contributed by atoms with van der Waals surface area (Å²) >= 11 is 18.3. The quantitative estimate of drug-likeness (QED) is 0.619. The lowest BCUT2D eigenvalue weighted by Gasteiger charge is -2.16. The molecule has 0 fully saturated rings. The van der Waals surface area contributed by atoms with Crippen molar-refractivity contribution in [3.05, 3.63) is 69.2 Å². The molecule has 0 aliphatic heterocycles. The molecule has 0 aliphatic rings. The van der Waals surface area contributed by atoms with Crippen LogP contribution >= 0.6 is 34.8 Å². The minimum absolute atomic E-state index is 0.264. The molecule has 0 amide bonds. The molecule has 2 rings (SSSR count). The van der Waals surface area contributed by atoms with E-state index in [1.54, 1.807) is 6.07 Å². The molecule has 0 aromatic heterocycles. The second-order valence-electron chi connectivity index (χ2n) is 4.71. The first kappa shape index (κ1) is 14.7. The van der Waals surface area contributed by atoms with Crippen LogP contribution in [0.1, 0.15) is 22.6 Å². The van der Waals surface area contributed by atoms with Gasteiger partial charge in [0.1, 0.15) is 0 Å². The second kappa shape index (κ2) is 6.65. The van der Waals surface area contributed by atoms with Gasteiger partial charge in [0.25, 0.3) is 0 Å². The van der Waals surface area contributed by atoms with Gasteiger partial charge in [-0.25, -0.2) is 0 Å². The van der Waals surface area contributed by atoms with Crippen molar-refractivity contribution < 1.29 is 0 Å². The first-order valence-corrected chi connectivity index (χ1v) is 7.45. The van der Waals surface area contributed by atoms with Gasteiger partial charge in [0, 0.05) is 21.8 Å². The summed E-state index contributed by atoms with van der Waals surface area (Å²) in [5.41, 5.74) is 3.58. The fourth-order valence-electron chi connectivity index (χ4n) is 2.14. The van der Waals surface area contributed by atoms with Crippen LogP contribution in [0.5, 0.6) is 0 Å². The van der Waals surface area contributed by atoms with Gasteiger partial charge >= 0.3 is 0 Å². The predicted molar refractivity (Wildman–Crippen MR) is 84.8 cm³/mol. The topological polar surface area (TPSA) is 0 Å². The maximum Gasteiger partial charge on any atom is 0.0453 e. The van der Waals surface area contributed by atoms with E-state index in [-0.39, 0.29) is 5.92 Å². The molecular weight excluding hydrogens is 299 g/mol. The van der Waals surface area contributed by atoms with E-state index in [0.29, 0.717) is 15.9 Å². The van der Waals surface area contributed by atoms with Crippen LogP contribution in [-0.2, 0) is 6.42 Å². The Balaban J connectivity index is 2.24. The van der Waals surface area contributed by atoms with Crippen LogP contribution in [0.4, 0.5) is 0 Å². The minimum Gasteiger partial charge on any atom is -0.126 e. The molecule has 0 aliphatic carbocycles. The zero-order valence-corrected chi connectivity index (χ0v) is 12.9. The summed E-state index contributed by atoms with van der Waals surface area (Å²) < 4.78 is 0. The highest BCUT2D eigenvalue weighted by atomic mass is 35.5. The van der Waals surface area contributed by atoms with Gasteiger partial charge in [-0.1, -0.05) is 59.1 Å². The lowest BCUT2D eigenvalue weighted by atomic mass is 9.92. The van der Waals surface area contributed by atoms with E-state index in [4.69, 9.17) is 34.8 Å². The summed E-state index contributed by atoms with van der Waals surface area (Å²) in [7, 11) is 0. The van der Waals surface area contributed by atoms with E-state index in [9.17, 15) is 0 Å². The zero-order valence-electron chi connectivity index (χ0n) is 10.7. The van der Waals surface area contributed by atoms with Gasteiger partial charge in [0.2, 0.25) is 0 Å². The maximum atomic E-state index is 6.22. The summed E-state index contributed by atoms with van der Waals surface area (Å²) in [5.74, 6) is 0.836. The molecule has 0 spiro atoms. The molecule has 0 heterocycles. The highest BCUT2D eigenvalue weighted by molar-refractivity contribution is 6.35. The van der Waals surface area contributed by atoms with E-state index < -0.39 is 0 Å². The van der Waals surface area contributed by atoms with E-state index >= 15 is 0 Å². The zero-order chi connectivity index (χ0) is 13.8. The molecule has 3 heteroatoms. The van der Waals surface area contributed by atoms with Crippen molar-refractivity contribution in [2.75, 3.05) is 5.88 Å². The monoisotopic (exact) mass is 312 g/mol. The third kappa shape index (κ3) is 3.89. The van der Waals surface area contributed by atoms with Gasteiger partial charge in [-0.2, -0.15) is 0 Å². The molecule has 0 radical (unpaired) electrons. The fourth-order valence-corrected chi connectivity index (χ4v) is 2.91. The molecule has 0 nitrogen and oxygen atoms in total. The number of hydrogen-bond donors (Lipinski definition) is 0. The van der Waals surface area contributed by atoms with Crippen LogP contribution in [0.15, 0.2) is 42.5 Å². The van der Waals surface area contributed by atoms with Crippen LogP contribution in [-0.4, -0.2) is 5.88 Å². The Morgan fingerprint density at radius 2 is 1.84 bits per heavy atom. The highest BCUT2D eigenvalue weighted by Crippen LogP contribution is 2.28. The standard InChI is InChI=1S/C16H15Cl3/c1-11-3-2-4-12(7-11)14(10-17)8-13-5-6-15(18)9-16(13)19/h2-7,9,14H,8,10H2,1H3. The Kier molecular flexibility index (Phi) is 5.15. The lowest BCUT2D eigenvalue weighted by Crippen LogP contribution is -2.05. The molecule has 0 saturated carbocycles. The van der Waals surface area contributed by atoms with Crippen LogP contribution in [0.2, 0.25) is 10.0 Å². The Bertz CT molecular complexity index is 564. The summed E-state index contributed by atoms with van der Waals surface area (Å²) in [4.78, 5) is 0. The third-order valence-electron chi connectivity index (χ3n) is 3.18. The van der Waals surface area contributed by atoms with Crippen LogP contribution in [0.25, 0.3) is 0 Å². The van der Waals surface area contributed by atoms with Crippen LogP contribution in [0, 0.1) is 6.92 Å². The van der Waals surface area contributed by atoms with E-state index in [1.807, 2.05) is 12.1 Å². The molecular formula is C16H15Cl3. The Morgan fingerprint density at radius 3 is 2.47 bits per heavy atom. The number of benzene rings is 2. The molecule has 0 saturated heterocycles. The van der Waals surface area contributed by atoms with Crippen molar-refractivity contribution in [2.45, 2.75) is 19.3 Å². The summed E-state index contributed by atoms with van der Waals surface area (Å²) in [6.45, 7) is 2.09. The van der Waals surface area contributed by atoms with Gasteiger partial charge < -0.3 is 0 Å². The Labute approximate surface area is 129 Å². The van der Waals surface area contributed by atoms with Gasteiger partial charge in [-0.05, 0) is 36.6 Å². The second-order valence-corrected chi connectivity index (χ2v) is 5.86. The summed E-state index contributed by atoms with van der Waals surface area (Å²) in [6, 6.07) is 14.1. The lowest BCUT2D eigenvalue weighted by molar-refractivity contribution is 0.765. The Morgan fingerprint density at radius 1 is 1.05 bits per heavy atom. The predicted octanol–water partition coefficient (Wildman–Crippen LogP) is 5.87. The Hall–Kier alpha value is -0.690. The average molecular weight is 314 g/mol. The van der Waals surface area contributed by atoms with Gasteiger partial charge in [0.15, 0.2) is 0 Å². The maximum absolute atomic E-state index is 6.22.